The molecule has 0 amide bonds. The van der Waals surface area contributed by atoms with Gasteiger partial charge in [-0.05, 0) is 62.1 Å². The van der Waals surface area contributed by atoms with Gasteiger partial charge in [0, 0.05) is 25.0 Å². The Kier molecular flexibility index (Phi) is 7.25. The summed E-state index contributed by atoms with van der Waals surface area (Å²) in [5, 5.41) is 21.8. The molecule has 4 atom stereocenters. The predicted molar refractivity (Wildman–Crippen MR) is 157 cm³/mol. The molecule has 1 saturated heterocycles. The van der Waals surface area contributed by atoms with Crippen molar-refractivity contribution >= 4 is 28.0 Å². The molecule has 5 N–H and O–H groups in total. The topological polar surface area (TPSA) is 151 Å². The Morgan fingerprint density at radius 2 is 1.93 bits per heavy atom. The molecule has 1 aromatic carbocycles. The van der Waals surface area contributed by atoms with E-state index in [0.717, 1.165) is 42.5 Å². The van der Waals surface area contributed by atoms with Gasteiger partial charge in [-0.2, -0.15) is 0 Å². The molecule has 4 heterocycles. The summed E-state index contributed by atoms with van der Waals surface area (Å²) in [6.45, 7) is 11.6. The van der Waals surface area contributed by atoms with Crippen LogP contribution < -0.4 is 5.73 Å². The third-order valence-electron chi connectivity index (χ3n) is 8.92. The number of nitrogen functional groups attached to an aromatic ring is 1. The molecule has 3 aromatic heterocycles. The lowest BCUT2D eigenvalue weighted by Gasteiger charge is -2.46. The minimum Gasteiger partial charge on any atom is -0.387 e. The monoisotopic (exact) mass is 562 g/mol. The van der Waals surface area contributed by atoms with Crippen LogP contribution in [0.15, 0.2) is 30.9 Å². The fraction of sp³-hybridized carbons (Fsp3) is 0.600. The molecule has 0 unspecified atom stereocenters. The Hall–Kier alpha value is -3.12. The molecule has 2 aliphatic rings. The first-order valence-electron chi connectivity index (χ1n) is 14.7. The van der Waals surface area contributed by atoms with Crippen LogP contribution in [0.4, 0.5) is 5.82 Å². The van der Waals surface area contributed by atoms with Gasteiger partial charge in [0.05, 0.1) is 17.4 Å². The second kappa shape index (κ2) is 10.6. The first-order valence-corrected chi connectivity index (χ1v) is 14.7. The van der Waals surface area contributed by atoms with E-state index in [1.165, 1.54) is 18.2 Å². The summed E-state index contributed by atoms with van der Waals surface area (Å²) in [5.74, 6) is 1.95. The van der Waals surface area contributed by atoms with Crippen LogP contribution >= 0.6 is 0 Å². The lowest BCUT2D eigenvalue weighted by Crippen LogP contribution is -2.52. The minimum absolute atomic E-state index is 0.110. The zero-order chi connectivity index (χ0) is 29.1. The maximum absolute atomic E-state index is 10.9. The van der Waals surface area contributed by atoms with Crippen molar-refractivity contribution in [3.05, 3.63) is 42.2 Å². The molecule has 1 aliphatic heterocycles. The number of H-pyrrole nitrogens is 1. The molecule has 0 bridgehead atoms. The molecule has 4 aromatic rings. The quantitative estimate of drug-likeness (QED) is 0.253. The molecule has 0 spiro atoms. The van der Waals surface area contributed by atoms with E-state index in [1.807, 2.05) is 0 Å². The number of hydrogen-bond acceptors (Lipinski definition) is 9. The van der Waals surface area contributed by atoms with E-state index in [9.17, 15) is 10.2 Å². The van der Waals surface area contributed by atoms with Gasteiger partial charge in [0.2, 0.25) is 0 Å². The van der Waals surface area contributed by atoms with Crippen molar-refractivity contribution in [1.29, 1.82) is 0 Å². The number of benzene rings is 1. The fourth-order valence-electron chi connectivity index (χ4n) is 6.35. The average Bonchev–Trinajstić information content (AvgIpc) is 3.58. The maximum atomic E-state index is 10.9. The first kappa shape index (κ1) is 28.0. The Labute approximate surface area is 240 Å². The van der Waals surface area contributed by atoms with Crippen molar-refractivity contribution in [2.75, 3.05) is 12.3 Å². The van der Waals surface area contributed by atoms with Crippen molar-refractivity contribution in [3.8, 4) is 0 Å². The second-order valence-electron chi connectivity index (χ2n) is 13.1. The summed E-state index contributed by atoms with van der Waals surface area (Å²) in [5.41, 5.74) is 10.4. The lowest BCUT2D eigenvalue weighted by molar-refractivity contribution is -0.0620. The van der Waals surface area contributed by atoms with E-state index in [4.69, 9.17) is 15.5 Å². The van der Waals surface area contributed by atoms with E-state index in [-0.39, 0.29) is 17.3 Å². The normalized spacial score (nSPS) is 27.0. The van der Waals surface area contributed by atoms with Crippen LogP contribution in [0.2, 0.25) is 0 Å². The van der Waals surface area contributed by atoms with Crippen LogP contribution in [0.1, 0.15) is 71.5 Å². The summed E-state index contributed by atoms with van der Waals surface area (Å²) in [6, 6.07) is 7.22. The van der Waals surface area contributed by atoms with Crippen LogP contribution in [-0.4, -0.2) is 81.5 Å². The highest BCUT2D eigenvalue weighted by molar-refractivity contribution is 5.81. The number of aliphatic hydroxyl groups is 2. The molecule has 6 rings (SSSR count). The number of nitrogens with one attached hydrogen (secondary N) is 1. The number of imidazole rings is 2. The Morgan fingerprint density at radius 3 is 2.66 bits per heavy atom. The number of anilines is 1. The van der Waals surface area contributed by atoms with Crippen LogP contribution in [0, 0.1) is 5.92 Å². The third kappa shape index (κ3) is 5.31. The predicted octanol–water partition coefficient (Wildman–Crippen LogP) is 3.32. The van der Waals surface area contributed by atoms with Gasteiger partial charge < -0.3 is 25.7 Å². The number of aliphatic hydroxyl groups excluding tert-OH is 2. The zero-order valence-corrected chi connectivity index (χ0v) is 24.5. The largest absolute Gasteiger partial charge is 0.387 e. The number of fused-ring (bicyclic) bond motifs is 2. The van der Waals surface area contributed by atoms with E-state index in [2.05, 4.69) is 77.7 Å². The molecular weight excluding hydrogens is 520 g/mol. The second-order valence-corrected chi connectivity index (χ2v) is 13.1. The van der Waals surface area contributed by atoms with Crippen molar-refractivity contribution < 1.29 is 14.9 Å². The SMILES string of the molecule is CC(C)N(C[C@H]1O[C@@H](n2cnc3c(N)ncnc32)[C@H](O)[C@H]1O)C1CC(CCc2nc3ccc(C(C)(C)C)cc3[nH]2)C1. The highest BCUT2D eigenvalue weighted by atomic mass is 16.6. The van der Waals surface area contributed by atoms with Gasteiger partial charge in [0.25, 0.3) is 0 Å². The Bertz CT molecular complexity index is 1520. The van der Waals surface area contributed by atoms with Gasteiger partial charge in [-0.25, -0.2) is 19.9 Å². The van der Waals surface area contributed by atoms with E-state index in [1.54, 1.807) is 4.57 Å². The molecule has 1 saturated carbocycles. The molecule has 220 valence electrons. The third-order valence-corrected chi connectivity index (χ3v) is 8.92. The number of aromatic nitrogens is 6. The zero-order valence-electron chi connectivity index (χ0n) is 24.5. The van der Waals surface area contributed by atoms with Gasteiger partial charge in [-0.15, -0.1) is 0 Å². The van der Waals surface area contributed by atoms with Crippen molar-refractivity contribution in [3.63, 3.8) is 0 Å². The lowest BCUT2D eigenvalue weighted by atomic mass is 9.76. The number of rotatable bonds is 8. The molecule has 11 heteroatoms. The van der Waals surface area contributed by atoms with Crippen LogP contribution in [0.5, 0.6) is 0 Å². The molecule has 11 nitrogen and oxygen atoms in total. The summed E-state index contributed by atoms with van der Waals surface area (Å²) >= 11 is 0. The number of hydrogen-bond donors (Lipinski definition) is 4. The number of aromatic amines is 1. The Balaban J connectivity index is 1.06. The average molecular weight is 563 g/mol. The fourth-order valence-corrected chi connectivity index (χ4v) is 6.35. The minimum atomic E-state index is -1.11. The molecular formula is C30H42N8O3. The van der Waals surface area contributed by atoms with Gasteiger partial charge in [0.1, 0.15) is 36.0 Å². The Morgan fingerprint density at radius 1 is 1.15 bits per heavy atom. The highest BCUT2D eigenvalue weighted by Crippen LogP contribution is 2.38. The van der Waals surface area contributed by atoms with Gasteiger partial charge >= 0.3 is 0 Å². The van der Waals surface area contributed by atoms with Gasteiger partial charge in [0.15, 0.2) is 17.7 Å². The van der Waals surface area contributed by atoms with Crippen LogP contribution in [0.25, 0.3) is 22.2 Å². The summed E-state index contributed by atoms with van der Waals surface area (Å²) in [7, 11) is 0. The van der Waals surface area contributed by atoms with Crippen LogP contribution in [0.3, 0.4) is 0 Å². The summed E-state index contributed by atoms with van der Waals surface area (Å²) < 4.78 is 7.86. The number of nitrogens with zero attached hydrogens (tertiary/aromatic N) is 6. The number of aryl methyl sites for hydroxylation is 1. The maximum Gasteiger partial charge on any atom is 0.167 e. The number of nitrogens with two attached hydrogens (primary N) is 1. The smallest absolute Gasteiger partial charge is 0.167 e. The van der Waals surface area contributed by atoms with Crippen LogP contribution in [-0.2, 0) is 16.6 Å². The van der Waals surface area contributed by atoms with Crippen molar-refractivity contribution in [2.24, 2.45) is 5.92 Å². The van der Waals surface area contributed by atoms with E-state index in [0.29, 0.717) is 29.7 Å². The summed E-state index contributed by atoms with van der Waals surface area (Å²) in [6.07, 6.45) is 3.63. The van der Waals surface area contributed by atoms with Gasteiger partial charge in [-0.1, -0.05) is 26.8 Å². The number of ether oxygens (including phenoxy) is 1. The highest BCUT2D eigenvalue weighted by Gasteiger charge is 2.46. The van der Waals surface area contributed by atoms with E-state index < -0.39 is 24.5 Å². The molecule has 0 radical (unpaired) electrons. The van der Waals surface area contributed by atoms with Crippen molar-refractivity contribution in [1.82, 2.24) is 34.4 Å². The molecule has 41 heavy (non-hydrogen) atoms. The first-order chi connectivity index (χ1) is 19.5. The van der Waals surface area contributed by atoms with E-state index >= 15 is 0 Å². The molecule has 2 fully saturated rings. The van der Waals surface area contributed by atoms with Gasteiger partial charge in [-0.3, -0.25) is 9.47 Å². The van der Waals surface area contributed by atoms with Crippen molar-refractivity contribution in [2.45, 2.75) is 102 Å². The molecule has 1 aliphatic carbocycles. The standard InChI is InChI=1S/C30H42N8O3/c1-16(2)37(13-22-25(39)26(40)29(41-22)38-15-34-24-27(31)32-14-33-28(24)38)19-10-17(11-19)6-9-23-35-20-8-7-18(30(3,4)5)12-21(20)36-23/h7-8,12,14-17,19,22,25-26,29,39-40H,6,9-11,13H2,1-5H3,(H,35,36)(H2,31,32,33)/t17?,19?,22-,25+,26-,29-/m1/s1. The summed E-state index contributed by atoms with van der Waals surface area (Å²) in [4.78, 5) is 23.3.